The van der Waals surface area contributed by atoms with E-state index in [-0.39, 0.29) is 6.04 Å². The second-order valence-electron chi connectivity index (χ2n) is 5.17. The fourth-order valence-electron chi connectivity index (χ4n) is 2.59. The minimum Gasteiger partial charge on any atom is -0.377 e. The lowest BCUT2D eigenvalue weighted by Gasteiger charge is -2.35. The molecular formula is C15H23BrN2O. The molecule has 19 heavy (non-hydrogen) atoms. The van der Waals surface area contributed by atoms with Crippen molar-refractivity contribution in [3.05, 3.63) is 28.2 Å². The summed E-state index contributed by atoms with van der Waals surface area (Å²) in [6.45, 7) is 6.94. The highest BCUT2D eigenvalue weighted by Gasteiger charge is 2.21. The first-order chi connectivity index (χ1) is 9.11. The predicted molar refractivity (Wildman–Crippen MR) is 83.6 cm³/mol. The molecule has 0 aromatic heterocycles. The number of nitrogens with two attached hydrogens (primary N) is 1. The summed E-state index contributed by atoms with van der Waals surface area (Å²) in [4.78, 5) is 2.40. The van der Waals surface area contributed by atoms with Crippen LogP contribution in [0.5, 0.6) is 0 Å². The van der Waals surface area contributed by atoms with Gasteiger partial charge in [-0.25, -0.2) is 0 Å². The Morgan fingerprint density at radius 1 is 1.53 bits per heavy atom. The number of nitrogens with zero attached hydrogens (tertiary/aromatic N) is 1. The van der Waals surface area contributed by atoms with Gasteiger partial charge in [0.15, 0.2) is 0 Å². The topological polar surface area (TPSA) is 38.5 Å². The number of benzene rings is 1. The molecule has 1 aromatic carbocycles. The second-order valence-corrected chi connectivity index (χ2v) is 6.02. The van der Waals surface area contributed by atoms with Crippen LogP contribution in [0.15, 0.2) is 22.7 Å². The molecule has 2 atom stereocenters. The normalized spacial score (nSPS) is 21.5. The Hall–Kier alpha value is -0.580. The van der Waals surface area contributed by atoms with Gasteiger partial charge in [0.2, 0.25) is 0 Å². The summed E-state index contributed by atoms with van der Waals surface area (Å²) in [6, 6.07) is 6.49. The van der Waals surface area contributed by atoms with Crippen LogP contribution < -0.4 is 10.6 Å². The number of hydrogen-bond acceptors (Lipinski definition) is 3. The summed E-state index contributed by atoms with van der Waals surface area (Å²) < 4.78 is 6.88. The minimum absolute atomic E-state index is 0.0721. The molecule has 1 fully saturated rings. The SMILES string of the molecule is CCOC1CCCN(c2ccc(C(C)N)cc2Br)C1. The van der Waals surface area contributed by atoms with E-state index in [1.807, 2.05) is 6.92 Å². The van der Waals surface area contributed by atoms with Gasteiger partial charge in [0.1, 0.15) is 0 Å². The number of anilines is 1. The Kier molecular flexibility index (Phi) is 5.25. The molecular weight excluding hydrogens is 304 g/mol. The van der Waals surface area contributed by atoms with E-state index >= 15 is 0 Å². The Balaban J connectivity index is 2.12. The number of halogens is 1. The van der Waals surface area contributed by atoms with Crippen molar-refractivity contribution in [2.75, 3.05) is 24.6 Å². The van der Waals surface area contributed by atoms with E-state index in [1.165, 1.54) is 18.5 Å². The molecule has 0 bridgehead atoms. The van der Waals surface area contributed by atoms with Crippen LogP contribution in [0.4, 0.5) is 5.69 Å². The number of ether oxygens (including phenoxy) is 1. The van der Waals surface area contributed by atoms with Crippen molar-refractivity contribution in [1.29, 1.82) is 0 Å². The molecule has 1 aliphatic rings. The molecule has 1 aliphatic heterocycles. The highest BCUT2D eigenvalue weighted by molar-refractivity contribution is 9.10. The first-order valence-electron chi connectivity index (χ1n) is 7.03. The van der Waals surface area contributed by atoms with Gasteiger partial charge < -0.3 is 15.4 Å². The van der Waals surface area contributed by atoms with Gasteiger partial charge in [-0.05, 0) is 60.3 Å². The van der Waals surface area contributed by atoms with E-state index in [0.717, 1.165) is 29.7 Å². The third-order valence-electron chi connectivity index (χ3n) is 3.62. The van der Waals surface area contributed by atoms with E-state index in [9.17, 15) is 0 Å². The Bertz CT molecular complexity index is 421. The zero-order chi connectivity index (χ0) is 13.8. The monoisotopic (exact) mass is 326 g/mol. The number of piperidine rings is 1. The summed E-state index contributed by atoms with van der Waals surface area (Å²) in [7, 11) is 0. The molecule has 0 radical (unpaired) electrons. The van der Waals surface area contributed by atoms with Gasteiger partial charge in [0.25, 0.3) is 0 Å². The summed E-state index contributed by atoms with van der Waals surface area (Å²) in [6.07, 6.45) is 2.71. The highest BCUT2D eigenvalue weighted by Crippen LogP contribution is 2.31. The minimum atomic E-state index is 0.0721. The molecule has 2 unspecified atom stereocenters. The molecule has 1 heterocycles. The van der Waals surface area contributed by atoms with Gasteiger partial charge >= 0.3 is 0 Å². The van der Waals surface area contributed by atoms with Crippen LogP contribution in [0.25, 0.3) is 0 Å². The molecule has 0 saturated carbocycles. The van der Waals surface area contributed by atoms with Crippen LogP contribution in [-0.2, 0) is 4.74 Å². The van der Waals surface area contributed by atoms with Crippen LogP contribution in [0, 0.1) is 0 Å². The van der Waals surface area contributed by atoms with Crippen LogP contribution in [0.2, 0.25) is 0 Å². The zero-order valence-electron chi connectivity index (χ0n) is 11.7. The average molecular weight is 327 g/mol. The zero-order valence-corrected chi connectivity index (χ0v) is 13.3. The molecule has 0 aliphatic carbocycles. The largest absolute Gasteiger partial charge is 0.377 e. The second kappa shape index (κ2) is 6.73. The lowest BCUT2D eigenvalue weighted by molar-refractivity contribution is 0.0526. The van der Waals surface area contributed by atoms with Crippen LogP contribution in [0.3, 0.4) is 0 Å². The highest BCUT2D eigenvalue weighted by atomic mass is 79.9. The van der Waals surface area contributed by atoms with Gasteiger partial charge in [0, 0.05) is 30.2 Å². The molecule has 2 N–H and O–H groups in total. The van der Waals surface area contributed by atoms with Crippen LogP contribution >= 0.6 is 15.9 Å². The number of rotatable bonds is 4. The summed E-state index contributed by atoms with van der Waals surface area (Å²) in [5.41, 5.74) is 8.32. The van der Waals surface area contributed by atoms with E-state index in [1.54, 1.807) is 0 Å². The lowest BCUT2D eigenvalue weighted by atomic mass is 10.1. The fourth-order valence-corrected chi connectivity index (χ4v) is 3.24. The summed E-state index contributed by atoms with van der Waals surface area (Å²) in [5, 5.41) is 0. The fraction of sp³-hybridized carbons (Fsp3) is 0.600. The average Bonchev–Trinajstić information content (AvgIpc) is 2.39. The van der Waals surface area contributed by atoms with Gasteiger partial charge in [0.05, 0.1) is 11.8 Å². The first-order valence-corrected chi connectivity index (χ1v) is 7.82. The van der Waals surface area contributed by atoms with Gasteiger partial charge in [-0.2, -0.15) is 0 Å². The molecule has 2 rings (SSSR count). The molecule has 3 nitrogen and oxygen atoms in total. The third-order valence-corrected chi connectivity index (χ3v) is 4.25. The van der Waals surface area contributed by atoms with Gasteiger partial charge in [-0.1, -0.05) is 6.07 Å². The van der Waals surface area contributed by atoms with Crippen molar-refractivity contribution in [2.24, 2.45) is 5.73 Å². The van der Waals surface area contributed by atoms with Crippen molar-refractivity contribution in [1.82, 2.24) is 0 Å². The van der Waals surface area contributed by atoms with E-state index in [2.05, 4.69) is 46.0 Å². The lowest BCUT2D eigenvalue weighted by Crippen LogP contribution is -2.39. The van der Waals surface area contributed by atoms with Gasteiger partial charge in [-0.3, -0.25) is 0 Å². The van der Waals surface area contributed by atoms with Crippen LogP contribution in [0.1, 0.15) is 38.3 Å². The van der Waals surface area contributed by atoms with Crippen LogP contribution in [-0.4, -0.2) is 25.8 Å². The quantitative estimate of drug-likeness (QED) is 0.920. The van der Waals surface area contributed by atoms with Gasteiger partial charge in [-0.15, -0.1) is 0 Å². The van der Waals surface area contributed by atoms with Crippen molar-refractivity contribution >= 4 is 21.6 Å². The van der Waals surface area contributed by atoms with E-state index in [0.29, 0.717) is 6.10 Å². The molecule has 0 amide bonds. The summed E-state index contributed by atoms with van der Waals surface area (Å²) >= 11 is 3.67. The molecule has 106 valence electrons. The van der Waals surface area contributed by atoms with E-state index < -0.39 is 0 Å². The van der Waals surface area contributed by atoms with Crippen molar-refractivity contribution in [3.63, 3.8) is 0 Å². The standard InChI is InChI=1S/C15H23BrN2O/c1-3-19-13-5-4-8-18(10-13)15-7-6-12(11(2)17)9-14(15)16/h6-7,9,11,13H,3-5,8,10,17H2,1-2H3. The predicted octanol–water partition coefficient (Wildman–Crippen LogP) is 3.47. The van der Waals surface area contributed by atoms with Crippen molar-refractivity contribution in [2.45, 2.75) is 38.8 Å². The smallest absolute Gasteiger partial charge is 0.0750 e. The maximum Gasteiger partial charge on any atom is 0.0750 e. The molecule has 4 heteroatoms. The molecule has 1 saturated heterocycles. The maximum absolute atomic E-state index is 5.92. The summed E-state index contributed by atoms with van der Waals surface area (Å²) in [5.74, 6) is 0. The Morgan fingerprint density at radius 2 is 2.32 bits per heavy atom. The van der Waals surface area contributed by atoms with Crippen molar-refractivity contribution in [3.8, 4) is 0 Å². The van der Waals surface area contributed by atoms with E-state index in [4.69, 9.17) is 10.5 Å². The molecule has 1 aromatic rings. The Morgan fingerprint density at radius 3 is 2.95 bits per heavy atom. The number of hydrogen-bond donors (Lipinski definition) is 1. The van der Waals surface area contributed by atoms with Crippen molar-refractivity contribution < 1.29 is 4.74 Å². The maximum atomic E-state index is 5.92. The third kappa shape index (κ3) is 3.71. The first kappa shape index (κ1) is 14.8. The molecule has 0 spiro atoms. The Labute approximate surface area is 124 Å².